The smallest absolute Gasteiger partial charge is 0.251 e. The Labute approximate surface area is 129 Å². The van der Waals surface area contributed by atoms with Crippen molar-refractivity contribution in [3.8, 4) is 0 Å². The Hall–Kier alpha value is -1.72. The van der Waals surface area contributed by atoms with Crippen molar-refractivity contribution in [2.24, 2.45) is 0 Å². The molecule has 0 aliphatic rings. The summed E-state index contributed by atoms with van der Waals surface area (Å²) in [6.45, 7) is 5.01. The van der Waals surface area contributed by atoms with Crippen molar-refractivity contribution in [1.82, 2.24) is 15.6 Å². The average molecular weight is 303 g/mol. The Morgan fingerprint density at radius 2 is 2.24 bits per heavy atom. The molecule has 1 aromatic carbocycles. The summed E-state index contributed by atoms with van der Waals surface area (Å²) in [6.07, 6.45) is 2.79. The molecule has 0 saturated heterocycles. The van der Waals surface area contributed by atoms with Gasteiger partial charge in [0, 0.05) is 30.7 Å². The highest BCUT2D eigenvalue weighted by Gasteiger charge is 2.26. The molecular weight excluding hydrogens is 282 g/mol. The van der Waals surface area contributed by atoms with E-state index in [1.165, 1.54) is 0 Å². The number of amides is 1. The molecule has 1 aromatic heterocycles. The lowest BCUT2D eigenvalue weighted by atomic mass is 9.99. The van der Waals surface area contributed by atoms with Crippen LogP contribution in [0.5, 0.6) is 0 Å². The van der Waals surface area contributed by atoms with Crippen molar-refractivity contribution in [1.29, 1.82) is 0 Å². The van der Waals surface area contributed by atoms with E-state index >= 15 is 0 Å². The van der Waals surface area contributed by atoms with Crippen LogP contribution in [0.15, 0.2) is 35.8 Å². The maximum Gasteiger partial charge on any atom is 0.251 e. The van der Waals surface area contributed by atoms with Crippen molar-refractivity contribution >= 4 is 17.2 Å². The molecule has 0 spiro atoms. The molecule has 0 aliphatic carbocycles. The largest absolute Gasteiger partial charge is 0.355 e. The minimum Gasteiger partial charge on any atom is -0.355 e. The molecule has 0 bridgehead atoms. The molecule has 1 heterocycles. The Balaban J connectivity index is 2.10. The summed E-state index contributed by atoms with van der Waals surface area (Å²) in [7, 11) is 1.64. The van der Waals surface area contributed by atoms with Crippen LogP contribution >= 0.6 is 11.3 Å². The lowest BCUT2D eigenvalue weighted by Gasteiger charge is -2.27. The van der Waals surface area contributed by atoms with E-state index in [2.05, 4.69) is 29.5 Å². The van der Waals surface area contributed by atoms with Crippen LogP contribution in [0.3, 0.4) is 0 Å². The number of rotatable bonds is 6. The van der Waals surface area contributed by atoms with E-state index in [0.29, 0.717) is 12.1 Å². The molecule has 1 atom stereocenters. The molecule has 0 saturated carbocycles. The van der Waals surface area contributed by atoms with E-state index in [1.54, 1.807) is 18.4 Å². The van der Waals surface area contributed by atoms with E-state index in [0.717, 1.165) is 17.0 Å². The summed E-state index contributed by atoms with van der Waals surface area (Å²) >= 11 is 1.66. The van der Waals surface area contributed by atoms with E-state index in [4.69, 9.17) is 0 Å². The van der Waals surface area contributed by atoms with Gasteiger partial charge in [-0.05, 0) is 31.0 Å². The highest BCUT2D eigenvalue weighted by Crippen LogP contribution is 2.26. The zero-order chi connectivity index (χ0) is 15.3. The molecule has 5 heteroatoms. The first-order valence-electron chi connectivity index (χ1n) is 7.05. The van der Waals surface area contributed by atoms with Gasteiger partial charge in [-0.2, -0.15) is 0 Å². The molecule has 2 rings (SSSR count). The lowest BCUT2D eigenvalue weighted by molar-refractivity contribution is 0.0963. The number of nitrogens with one attached hydrogen (secondary N) is 2. The maximum absolute atomic E-state index is 11.7. The summed E-state index contributed by atoms with van der Waals surface area (Å²) in [5.41, 5.74) is 1.63. The van der Waals surface area contributed by atoms with Crippen LogP contribution in [0.4, 0.5) is 0 Å². The highest BCUT2D eigenvalue weighted by atomic mass is 32.1. The Kier molecular flexibility index (Phi) is 5.09. The van der Waals surface area contributed by atoms with Gasteiger partial charge in [-0.25, -0.2) is 4.98 Å². The fraction of sp³-hybridized carbons (Fsp3) is 0.375. The van der Waals surface area contributed by atoms with Gasteiger partial charge in [0.1, 0.15) is 5.01 Å². The van der Waals surface area contributed by atoms with Crippen molar-refractivity contribution in [3.63, 3.8) is 0 Å². The fourth-order valence-electron chi connectivity index (χ4n) is 2.11. The molecule has 2 N–H and O–H groups in total. The fourth-order valence-corrected chi connectivity index (χ4v) is 2.96. The Morgan fingerprint density at radius 3 is 2.86 bits per heavy atom. The van der Waals surface area contributed by atoms with Crippen LogP contribution < -0.4 is 10.6 Å². The van der Waals surface area contributed by atoms with Gasteiger partial charge >= 0.3 is 0 Å². The Morgan fingerprint density at radius 1 is 1.43 bits per heavy atom. The number of carbonyl (C=O) groups excluding carboxylic acids is 1. The maximum atomic E-state index is 11.7. The first-order chi connectivity index (χ1) is 10.1. The monoisotopic (exact) mass is 303 g/mol. The summed E-state index contributed by atoms with van der Waals surface area (Å²) in [4.78, 5) is 16.1. The third kappa shape index (κ3) is 3.68. The van der Waals surface area contributed by atoms with Crippen molar-refractivity contribution in [2.45, 2.75) is 32.4 Å². The molecule has 1 amide bonds. The van der Waals surface area contributed by atoms with Gasteiger partial charge in [0.25, 0.3) is 5.91 Å². The van der Waals surface area contributed by atoms with E-state index < -0.39 is 0 Å². The number of carbonyl (C=O) groups is 1. The van der Waals surface area contributed by atoms with E-state index in [1.807, 2.05) is 35.8 Å². The molecule has 1 unspecified atom stereocenters. The third-order valence-corrected chi connectivity index (χ3v) is 4.75. The van der Waals surface area contributed by atoms with Crippen LogP contribution in [-0.2, 0) is 12.1 Å². The standard InChI is InChI=1S/C16H21N3OS/c1-4-16(2,15-18-8-9-21-15)19-11-12-6-5-7-13(10-12)14(20)17-3/h5-10,19H,4,11H2,1-3H3,(H,17,20). The van der Waals surface area contributed by atoms with Crippen molar-refractivity contribution in [3.05, 3.63) is 52.0 Å². The number of benzene rings is 1. The van der Waals surface area contributed by atoms with Crippen LogP contribution in [0, 0.1) is 0 Å². The first-order valence-corrected chi connectivity index (χ1v) is 7.93. The minimum absolute atomic E-state index is 0.0602. The molecule has 0 radical (unpaired) electrons. The van der Waals surface area contributed by atoms with Crippen LogP contribution in [0.25, 0.3) is 0 Å². The average Bonchev–Trinajstić information content (AvgIpc) is 3.07. The molecule has 2 aromatic rings. The molecule has 4 nitrogen and oxygen atoms in total. The van der Waals surface area contributed by atoms with Crippen molar-refractivity contribution in [2.75, 3.05) is 7.05 Å². The number of aromatic nitrogens is 1. The highest BCUT2D eigenvalue weighted by molar-refractivity contribution is 7.09. The zero-order valence-corrected chi connectivity index (χ0v) is 13.5. The van der Waals surface area contributed by atoms with Gasteiger partial charge in [-0.3, -0.25) is 4.79 Å². The van der Waals surface area contributed by atoms with Gasteiger partial charge in [0.15, 0.2) is 0 Å². The number of thiazole rings is 1. The van der Waals surface area contributed by atoms with Gasteiger partial charge in [-0.1, -0.05) is 19.1 Å². The second-order valence-corrected chi connectivity index (χ2v) is 6.05. The lowest BCUT2D eigenvalue weighted by Crippen LogP contribution is -2.38. The van der Waals surface area contributed by atoms with Crippen LogP contribution in [0.1, 0.15) is 41.2 Å². The SMILES string of the molecule is CCC(C)(NCc1cccc(C(=O)NC)c1)c1nccs1. The molecular formula is C16H21N3OS. The number of hydrogen-bond acceptors (Lipinski definition) is 4. The molecule has 0 aliphatic heterocycles. The Bertz CT molecular complexity index is 597. The minimum atomic E-state index is -0.142. The van der Waals surface area contributed by atoms with E-state index in [9.17, 15) is 4.79 Å². The molecule has 21 heavy (non-hydrogen) atoms. The number of nitrogens with zero attached hydrogens (tertiary/aromatic N) is 1. The molecule has 0 fully saturated rings. The van der Waals surface area contributed by atoms with Gasteiger partial charge in [0.2, 0.25) is 0 Å². The second-order valence-electron chi connectivity index (χ2n) is 5.16. The topological polar surface area (TPSA) is 54.0 Å². The summed E-state index contributed by atoms with van der Waals surface area (Å²) < 4.78 is 0. The van der Waals surface area contributed by atoms with Crippen LogP contribution in [-0.4, -0.2) is 17.9 Å². The van der Waals surface area contributed by atoms with Gasteiger partial charge in [-0.15, -0.1) is 11.3 Å². The first kappa shape index (κ1) is 15.7. The van der Waals surface area contributed by atoms with Crippen molar-refractivity contribution < 1.29 is 4.79 Å². The summed E-state index contributed by atoms with van der Waals surface area (Å²) in [6, 6.07) is 7.68. The summed E-state index contributed by atoms with van der Waals surface area (Å²) in [5.74, 6) is -0.0602. The van der Waals surface area contributed by atoms with Gasteiger partial charge in [0.05, 0.1) is 5.54 Å². The normalized spacial score (nSPS) is 13.7. The zero-order valence-electron chi connectivity index (χ0n) is 12.6. The number of hydrogen-bond donors (Lipinski definition) is 2. The summed E-state index contributed by atoms with van der Waals surface area (Å²) in [5, 5.41) is 9.30. The predicted octanol–water partition coefficient (Wildman–Crippen LogP) is 2.92. The van der Waals surface area contributed by atoms with Gasteiger partial charge < -0.3 is 10.6 Å². The quantitative estimate of drug-likeness (QED) is 0.862. The third-order valence-electron chi connectivity index (χ3n) is 3.71. The predicted molar refractivity (Wildman–Crippen MR) is 86.4 cm³/mol. The van der Waals surface area contributed by atoms with Crippen LogP contribution in [0.2, 0.25) is 0 Å². The van der Waals surface area contributed by atoms with E-state index in [-0.39, 0.29) is 11.4 Å². The molecule has 112 valence electrons. The second kappa shape index (κ2) is 6.83.